The first-order chi connectivity index (χ1) is 31.3. The predicted molar refractivity (Wildman–Crippen MR) is 286 cm³/mol. The summed E-state index contributed by atoms with van der Waals surface area (Å²) in [4.78, 5) is 9.87. The zero-order valence-corrected chi connectivity index (χ0v) is 42.7. The summed E-state index contributed by atoms with van der Waals surface area (Å²) in [5, 5.41) is 2.34. The number of nitrogens with zero attached hydrogens (tertiary/aromatic N) is 4. The Morgan fingerprint density at radius 1 is 0.403 bits per heavy atom. The van der Waals surface area contributed by atoms with E-state index in [9.17, 15) is 0 Å². The molecular weight excluding hydrogens is 817 g/mol. The van der Waals surface area contributed by atoms with Crippen molar-refractivity contribution in [2.45, 2.75) is 131 Å². The number of ether oxygens (including phenoxy) is 1. The highest BCUT2D eigenvalue weighted by Gasteiger charge is 2.31. The highest BCUT2D eigenvalue weighted by Crippen LogP contribution is 2.47. The van der Waals surface area contributed by atoms with Crippen LogP contribution in [-0.2, 0) is 27.1 Å². The summed E-state index contributed by atoms with van der Waals surface area (Å²) in [6, 6.07) is 49.4. The van der Waals surface area contributed by atoms with E-state index in [0.29, 0.717) is 6.67 Å². The van der Waals surface area contributed by atoms with E-state index in [1.54, 1.807) is 0 Å². The highest BCUT2D eigenvalue weighted by molar-refractivity contribution is 6.10. The van der Waals surface area contributed by atoms with Crippen LogP contribution in [0.2, 0.25) is 0 Å². The van der Waals surface area contributed by atoms with Crippen molar-refractivity contribution in [3.63, 3.8) is 0 Å². The van der Waals surface area contributed by atoms with Crippen LogP contribution in [0.5, 0.6) is 11.5 Å². The van der Waals surface area contributed by atoms with Gasteiger partial charge in [0.15, 0.2) is 0 Å². The van der Waals surface area contributed by atoms with Crippen molar-refractivity contribution in [1.29, 1.82) is 0 Å². The Bertz CT molecular complexity index is 3110. The Kier molecular flexibility index (Phi) is 11.1. The molecule has 344 valence electrons. The lowest BCUT2D eigenvalue weighted by Gasteiger charge is -2.29. The van der Waals surface area contributed by atoms with Crippen molar-refractivity contribution in [3.05, 3.63) is 167 Å². The number of rotatable bonds is 6. The maximum atomic E-state index is 6.87. The fourth-order valence-electron chi connectivity index (χ4n) is 9.30. The van der Waals surface area contributed by atoms with Gasteiger partial charge in [-0.25, -0.2) is 4.98 Å². The Morgan fingerprint density at radius 2 is 0.955 bits per heavy atom. The monoisotopic (exact) mass is 887 g/mol. The van der Waals surface area contributed by atoms with Gasteiger partial charge >= 0.3 is 0 Å². The molecule has 0 radical (unpaired) electrons. The standard InChI is InChI=1S/C62H70N4O/c1-58(2,3)42-27-28-63-57(36-42)66-53-26-23-40(41-29-43(59(4,5)6)32-44(30-41)60(7,8)9)31-52(53)51-25-24-50(38-56(51)66)67-49-20-18-19-47(37-49)64-39-65(55-22-17-16-21-54(55)64)48-34-45(61(10,11)12)33-46(35-48)62(13,14)15/h16-38H,39H2,1-15H3. The van der Waals surface area contributed by atoms with Crippen LogP contribution >= 0.6 is 0 Å². The van der Waals surface area contributed by atoms with Crippen LogP contribution in [0, 0.1) is 0 Å². The molecule has 0 spiro atoms. The van der Waals surface area contributed by atoms with E-state index in [0.717, 1.165) is 39.4 Å². The molecule has 0 atom stereocenters. The number of pyridine rings is 1. The topological polar surface area (TPSA) is 33.5 Å². The Balaban J connectivity index is 1.12. The molecule has 0 N–H and O–H groups in total. The minimum absolute atomic E-state index is 0.0169. The van der Waals surface area contributed by atoms with Crippen LogP contribution in [0.4, 0.5) is 22.7 Å². The second kappa shape index (κ2) is 16.2. The van der Waals surface area contributed by atoms with Crippen LogP contribution in [0.3, 0.4) is 0 Å². The van der Waals surface area contributed by atoms with Gasteiger partial charge in [-0.15, -0.1) is 0 Å². The molecule has 0 amide bonds. The third-order valence-electron chi connectivity index (χ3n) is 13.6. The lowest BCUT2D eigenvalue weighted by atomic mass is 9.79. The van der Waals surface area contributed by atoms with Crippen LogP contribution in [0.15, 0.2) is 140 Å². The Labute approximate surface area is 400 Å². The normalized spacial score (nSPS) is 13.8. The zero-order valence-electron chi connectivity index (χ0n) is 42.7. The lowest BCUT2D eigenvalue weighted by Crippen LogP contribution is -2.25. The molecule has 0 fully saturated rings. The molecule has 67 heavy (non-hydrogen) atoms. The maximum absolute atomic E-state index is 6.87. The van der Waals surface area contributed by atoms with Gasteiger partial charge in [-0.2, -0.15) is 0 Å². The quantitative estimate of drug-likeness (QED) is 0.167. The summed E-state index contributed by atoms with van der Waals surface area (Å²) in [5.74, 6) is 2.44. The molecule has 0 saturated carbocycles. The first-order valence-electron chi connectivity index (χ1n) is 24.1. The van der Waals surface area contributed by atoms with Crippen LogP contribution in [-0.4, -0.2) is 16.2 Å². The molecular formula is C62H70N4O. The van der Waals surface area contributed by atoms with Crippen molar-refractivity contribution in [1.82, 2.24) is 9.55 Å². The minimum Gasteiger partial charge on any atom is -0.457 e. The van der Waals surface area contributed by atoms with Crippen LogP contribution in [0.25, 0.3) is 38.8 Å². The van der Waals surface area contributed by atoms with Gasteiger partial charge in [-0.3, -0.25) is 4.57 Å². The summed E-state index contributed by atoms with van der Waals surface area (Å²) in [5.41, 5.74) is 15.9. The molecule has 0 aliphatic carbocycles. The summed E-state index contributed by atoms with van der Waals surface area (Å²) in [7, 11) is 0. The van der Waals surface area contributed by atoms with Gasteiger partial charge in [0.1, 0.15) is 24.0 Å². The third kappa shape index (κ3) is 8.98. The molecule has 0 unspecified atom stereocenters. The zero-order chi connectivity index (χ0) is 48.0. The molecule has 8 aromatic rings. The number of fused-ring (bicyclic) bond motifs is 4. The van der Waals surface area contributed by atoms with Gasteiger partial charge in [0.25, 0.3) is 0 Å². The van der Waals surface area contributed by atoms with Crippen LogP contribution in [0.1, 0.15) is 132 Å². The number of hydrogen-bond donors (Lipinski definition) is 0. The summed E-state index contributed by atoms with van der Waals surface area (Å²) in [6.07, 6.45) is 1.95. The smallest absolute Gasteiger partial charge is 0.137 e. The molecule has 9 rings (SSSR count). The molecule has 5 heteroatoms. The molecule has 1 aliphatic rings. The van der Waals surface area contributed by atoms with Crippen molar-refractivity contribution in [2.75, 3.05) is 16.5 Å². The molecule has 0 saturated heterocycles. The molecule has 0 bridgehead atoms. The van der Waals surface area contributed by atoms with E-state index in [4.69, 9.17) is 9.72 Å². The second-order valence-electron chi connectivity index (χ2n) is 24.1. The van der Waals surface area contributed by atoms with Gasteiger partial charge in [-0.1, -0.05) is 152 Å². The number of aromatic nitrogens is 2. The SMILES string of the molecule is CC(C)(C)c1cc(-c2ccc3c(c2)c2ccc(Oc4cccc(N5CN(c6cc(C(C)(C)C)cc(C(C)(C)C)c6)c6ccccc65)c4)cc2n3-c2cc(C(C)(C)C)ccn2)cc(C(C)(C)C)c1. The van der Waals surface area contributed by atoms with E-state index >= 15 is 0 Å². The fraction of sp³-hybridized carbons (Fsp3) is 0.339. The summed E-state index contributed by atoms with van der Waals surface area (Å²) < 4.78 is 9.18. The van der Waals surface area contributed by atoms with Crippen molar-refractivity contribution < 1.29 is 4.74 Å². The van der Waals surface area contributed by atoms with Gasteiger partial charge in [0.05, 0.1) is 22.4 Å². The molecule has 3 heterocycles. The van der Waals surface area contributed by atoms with Crippen molar-refractivity contribution in [3.8, 4) is 28.4 Å². The molecule has 5 nitrogen and oxygen atoms in total. The summed E-state index contributed by atoms with van der Waals surface area (Å²) >= 11 is 0. The highest BCUT2D eigenvalue weighted by atomic mass is 16.5. The number of anilines is 4. The summed E-state index contributed by atoms with van der Waals surface area (Å²) in [6.45, 7) is 35.1. The largest absolute Gasteiger partial charge is 0.457 e. The van der Waals surface area contributed by atoms with Gasteiger partial charge in [-0.05, 0) is 139 Å². The molecule has 6 aromatic carbocycles. The van der Waals surface area contributed by atoms with Gasteiger partial charge in [0.2, 0.25) is 0 Å². The fourth-order valence-corrected chi connectivity index (χ4v) is 9.30. The first-order valence-corrected chi connectivity index (χ1v) is 24.1. The van der Waals surface area contributed by atoms with Crippen LogP contribution < -0.4 is 14.5 Å². The number of para-hydroxylation sites is 2. The third-order valence-corrected chi connectivity index (χ3v) is 13.6. The van der Waals surface area contributed by atoms with Gasteiger partial charge < -0.3 is 14.5 Å². The Morgan fingerprint density at radius 3 is 1.54 bits per heavy atom. The van der Waals surface area contributed by atoms with Gasteiger partial charge in [0, 0.05) is 40.5 Å². The first kappa shape index (κ1) is 45.8. The van der Waals surface area contributed by atoms with E-state index in [-0.39, 0.29) is 27.1 Å². The van der Waals surface area contributed by atoms with E-state index in [1.807, 2.05) is 6.20 Å². The number of benzene rings is 6. The maximum Gasteiger partial charge on any atom is 0.137 e. The second-order valence-corrected chi connectivity index (χ2v) is 24.1. The van der Waals surface area contributed by atoms with E-state index in [1.165, 1.54) is 61.4 Å². The molecule has 2 aromatic heterocycles. The average Bonchev–Trinajstić information content (AvgIpc) is 3.80. The number of hydrogen-bond acceptors (Lipinski definition) is 4. The van der Waals surface area contributed by atoms with Crippen molar-refractivity contribution in [2.24, 2.45) is 0 Å². The molecule has 1 aliphatic heterocycles. The lowest BCUT2D eigenvalue weighted by molar-refractivity contribution is 0.483. The Hall–Kier alpha value is -6.33. The minimum atomic E-state index is -0.0372. The average molecular weight is 887 g/mol. The van der Waals surface area contributed by atoms with E-state index in [2.05, 4.69) is 252 Å². The predicted octanol–water partition coefficient (Wildman–Crippen LogP) is 17.4. The van der Waals surface area contributed by atoms with Crippen molar-refractivity contribution >= 4 is 44.6 Å². The van der Waals surface area contributed by atoms with E-state index < -0.39 is 0 Å².